The molecule has 0 radical (unpaired) electrons. The molecule has 0 atom stereocenters. The average Bonchev–Trinajstić information content (AvgIpc) is 4.09. The van der Waals surface area contributed by atoms with Crippen LogP contribution in [0.25, 0.3) is 128 Å². The van der Waals surface area contributed by atoms with E-state index in [9.17, 15) is 0 Å². The first-order chi connectivity index (χ1) is 35.6. The Hall–Kier alpha value is -9.65. The number of rotatable bonds is 7. The van der Waals surface area contributed by atoms with Gasteiger partial charge in [0, 0.05) is 55.5 Å². The molecule has 6 heteroatoms. The highest BCUT2D eigenvalue weighted by atomic mass is 15.1. The molecule has 0 fully saturated rings. The van der Waals surface area contributed by atoms with E-state index in [1.54, 1.807) is 6.08 Å². The average molecular weight is 923 g/mol. The van der Waals surface area contributed by atoms with E-state index in [1.807, 2.05) is 19.2 Å². The van der Waals surface area contributed by atoms with Crippen molar-refractivity contribution in [3.63, 3.8) is 0 Å². The standard InChI is InChI=1S/C63H40N6.C3H6/c1-4-16-41(17-5-1)54-39-47(40-55(65-54)42-18-6-2-7-19-42)68-56-25-12-11-23-49(56)51-36-43(30-33-58(51)68)44-29-32-50-48-22-10-13-26-57(48)69(61(50)38-44)62-28-14-24-53(66-62)45-31-34-59-52(37-45)63-60(27-15-35-64-63)67(59)46-20-8-3-9-21-46;1-3-2/h1-40H;3H,1H2,2H3. The lowest BCUT2D eigenvalue weighted by Crippen LogP contribution is -1.99. The zero-order valence-corrected chi connectivity index (χ0v) is 39.6. The lowest BCUT2D eigenvalue weighted by molar-refractivity contribution is 1.08. The Kier molecular flexibility index (Phi) is 10.4. The minimum Gasteiger partial charge on any atom is -0.309 e. The third kappa shape index (κ3) is 7.16. The maximum atomic E-state index is 5.43. The smallest absolute Gasteiger partial charge is 0.138 e. The van der Waals surface area contributed by atoms with E-state index in [4.69, 9.17) is 15.0 Å². The Labute approximate surface area is 416 Å². The molecule has 0 aliphatic carbocycles. The second-order valence-electron chi connectivity index (χ2n) is 18.1. The Bertz CT molecular complexity index is 4300. The Morgan fingerprint density at radius 2 is 0.847 bits per heavy atom. The quantitative estimate of drug-likeness (QED) is 0.150. The van der Waals surface area contributed by atoms with Crippen LogP contribution in [0.3, 0.4) is 0 Å². The molecule has 0 saturated heterocycles. The fourth-order valence-electron chi connectivity index (χ4n) is 10.5. The molecule has 72 heavy (non-hydrogen) atoms. The van der Waals surface area contributed by atoms with Gasteiger partial charge in [0.05, 0.1) is 61.4 Å². The highest BCUT2D eigenvalue weighted by Gasteiger charge is 2.20. The summed E-state index contributed by atoms with van der Waals surface area (Å²) in [4.78, 5) is 15.5. The number of allylic oxidation sites excluding steroid dienone is 1. The first kappa shape index (κ1) is 42.5. The lowest BCUT2D eigenvalue weighted by Gasteiger charge is -2.13. The Morgan fingerprint density at radius 1 is 0.333 bits per heavy atom. The molecule has 6 nitrogen and oxygen atoms in total. The van der Waals surface area contributed by atoms with Gasteiger partial charge in [0.25, 0.3) is 0 Å². The van der Waals surface area contributed by atoms with Crippen molar-refractivity contribution >= 4 is 65.5 Å². The molecule has 0 bridgehead atoms. The fourth-order valence-corrected chi connectivity index (χ4v) is 10.5. The fraction of sp³-hybridized carbons (Fsp3) is 0.0152. The van der Waals surface area contributed by atoms with Crippen molar-refractivity contribution in [3.05, 3.63) is 255 Å². The molecule has 0 aliphatic rings. The zero-order valence-electron chi connectivity index (χ0n) is 39.6. The van der Waals surface area contributed by atoms with E-state index in [-0.39, 0.29) is 0 Å². The molecule has 0 aliphatic heterocycles. The molecule has 6 aromatic heterocycles. The molecule has 0 N–H and O–H groups in total. The van der Waals surface area contributed by atoms with Gasteiger partial charge >= 0.3 is 0 Å². The largest absolute Gasteiger partial charge is 0.309 e. The maximum Gasteiger partial charge on any atom is 0.138 e. The summed E-state index contributed by atoms with van der Waals surface area (Å²) >= 11 is 0. The SMILES string of the molecule is C=CC.c1ccc(-c2cc(-n3c4ccccc4c4cc(-c5ccc6c7ccccc7n(-c7cccc(-c8ccc9c(c8)c8ncccc8n9-c8ccccc8)n7)c6c5)ccc43)cc(-c3ccccc3)n2)cc1. The van der Waals surface area contributed by atoms with Gasteiger partial charge in [0.2, 0.25) is 0 Å². The molecular formula is C66H46N6. The van der Waals surface area contributed by atoms with E-state index in [0.29, 0.717) is 0 Å². The molecule has 340 valence electrons. The molecule has 8 aromatic carbocycles. The minimum absolute atomic E-state index is 0.862. The van der Waals surface area contributed by atoms with E-state index in [1.165, 1.54) is 21.5 Å². The summed E-state index contributed by atoms with van der Waals surface area (Å²) in [6.45, 7) is 5.25. The van der Waals surface area contributed by atoms with Crippen molar-refractivity contribution in [2.24, 2.45) is 0 Å². The van der Waals surface area contributed by atoms with Gasteiger partial charge in [-0.25, -0.2) is 9.97 Å². The van der Waals surface area contributed by atoms with Crippen molar-refractivity contribution in [3.8, 4) is 62.1 Å². The van der Waals surface area contributed by atoms with Crippen LogP contribution in [0.4, 0.5) is 0 Å². The van der Waals surface area contributed by atoms with Crippen LogP contribution < -0.4 is 0 Å². The molecule has 0 amide bonds. The third-order valence-electron chi connectivity index (χ3n) is 13.7. The van der Waals surface area contributed by atoms with Crippen molar-refractivity contribution < 1.29 is 0 Å². The molecular weight excluding hydrogens is 877 g/mol. The summed E-state index contributed by atoms with van der Waals surface area (Å²) in [7, 11) is 0. The van der Waals surface area contributed by atoms with Crippen LogP contribution >= 0.6 is 0 Å². The predicted molar refractivity (Wildman–Crippen MR) is 300 cm³/mol. The van der Waals surface area contributed by atoms with Crippen LogP contribution in [-0.4, -0.2) is 28.7 Å². The summed E-state index contributed by atoms with van der Waals surface area (Å²) in [6.07, 6.45) is 3.63. The van der Waals surface area contributed by atoms with E-state index < -0.39 is 0 Å². The highest BCUT2D eigenvalue weighted by molar-refractivity contribution is 6.13. The number of pyridine rings is 3. The van der Waals surface area contributed by atoms with Crippen LogP contribution in [0.2, 0.25) is 0 Å². The second-order valence-corrected chi connectivity index (χ2v) is 18.1. The second kappa shape index (κ2) is 17.7. The molecule has 6 heterocycles. The number of fused-ring (bicyclic) bond motifs is 9. The van der Waals surface area contributed by atoms with Gasteiger partial charge < -0.3 is 9.13 Å². The number of nitrogens with zero attached hydrogens (tertiary/aromatic N) is 6. The first-order valence-corrected chi connectivity index (χ1v) is 24.3. The Balaban J connectivity index is 0.00000164. The topological polar surface area (TPSA) is 53.5 Å². The summed E-state index contributed by atoms with van der Waals surface area (Å²) in [5.74, 6) is 0.862. The molecule has 14 aromatic rings. The summed E-state index contributed by atoms with van der Waals surface area (Å²) in [5.41, 5.74) is 18.1. The number of para-hydroxylation sites is 3. The Morgan fingerprint density at radius 3 is 1.56 bits per heavy atom. The third-order valence-corrected chi connectivity index (χ3v) is 13.7. The van der Waals surface area contributed by atoms with Crippen LogP contribution in [0, 0.1) is 0 Å². The lowest BCUT2D eigenvalue weighted by atomic mass is 10.0. The van der Waals surface area contributed by atoms with Crippen molar-refractivity contribution in [1.29, 1.82) is 0 Å². The van der Waals surface area contributed by atoms with E-state index >= 15 is 0 Å². The summed E-state index contributed by atoms with van der Waals surface area (Å²) in [6, 6.07) is 84.2. The number of benzene rings is 8. The highest BCUT2D eigenvalue weighted by Crippen LogP contribution is 2.40. The van der Waals surface area contributed by atoms with Gasteiger partial charge in [-0.2, -0.15) is 0 Å². The molecule has 0 saturated carbocycles. The molecule has 0 unspecified atom stereocenters. The van der Waals surface area contributed by atoms with Gasteiger partial charge in [0.15, 0.2) is 0 Å². The summed E-state index contributed by atoms with van der Waals surface area (Å²) in [5, 5.41) is 5.85. The van der Waals surface area contributed by atoms with Crippen LogP contribution in [-0.2, 0) is 0 Å². The number of aromatic nitrogens is 6. The monoisotopic (exact) mass is 922 g/mol. The van der Waals surface area contributed by atoms with Gasteiger partial charge in [-0.1, -0.05) is 152 Å². The van der Waals surface area contributed by atoms with Gasteiger partial charge in [-0.05, 0) is 109 Å². The van der Waals surface area contributed by atoms with Crippen molar-refractivity contribution in [2.75, 3.05) is 0 Å². The predicted octanol–water partition coefficient (Wildman–Crippen LogP) is 17.0. The van der Waals surface area contributed by atoms with E-state index in [0.717, 1.165) is 106 Å². The first-order valence-electron chi connectivity index (χ1n) is 24.3. The molecule has 0 spiro atoms. The van der Waals surface area contributed by atoms with Crippen LogP contribution in [0.5, 0.6) is 0 Å². The zero-order chi connectivity index (χ0) is 48.1. The summed E-state index contributed by atoms with van der Waals surface area (Å²) < 4.78 is 7.01. The normalized spacial score (nSPS) is 11.5. The van der Waals surface area contributed by atoms with Gasteiger partial charge in [-0.15, -0.1) is 6.58 Å². The number of hydrogen-bond donors (Lipinski definition) is 0. The van der Waals surface area contributed by atoms with Gasteiger partial charge in [-0.3, -0.25) is 9.55 Å². The maximum absolute atomic E-state index is 5.43. The molecule has 14 rings (SSSR count). The van der Waals surface area contributed by atoms with E-state index in [2.05, 4.69) is 251 Å². The van der Waals surface area contributed by atoms with Crippen molar-refractivity contribution in [1.82, 2.24) is 28.7 Å². The van der Waals surface area contributed by atoms with Gasteiger partial charge in [0.1, 0.15) is 5.82 Å². The van der Waals surface area contributed by atoms with Crippen LogP contribution in [0.15, 0.2) is 255 Å². The number of hydrogen-bond acceptors (Lipinski definition) is 3. The minimum atomic E-state index is 0.862. The van der Waals surface area contributed by atoms with Crippen molar-refractivity contribution in [2.45, 2.75) is 6.92 Å². The van der Waals surface area contributed by atoms with Crippen LogP contribution in [0.1, 0.15) is 6.92 Å².